The van der Waals surface area contributed by atoms with Gasteiger partial charge in [-0.2, -0.15) is 5.10 Å². The Kier molecular flexibility index (Phi) is 2.91. The largest absolute Gasteiger partial charge is 0.457 e. The summed E-state index contributed by atoms with van der Waals surface area (Å²) in [6, 6.07) is 11.7. The molecule has 96 valence electrons. The number of para-hydroxylation sites is 1. The van der Waals surface area contributed by atoms with Crippen molar-refractivity contribution >= 4 is 21.7 Å². The summed E-state index contributed by atoms with van der Waals surface area (Å²) in [7, 11) is 0. The van der Waals surface area contributed by atoms with E-state index < -0.39 is 0 Å². The first-order valence-electron chi connectivity index (χ1n) is 5.82. The van der Waals surface area contributed by atoms with Crippen LogP contribution in [0.15, 0.2) is 51.7 Å². The third-order valence-electron chi connectivity index (χ3n) is 3.04. The van der Waals surface area contributed by atoms with Gasteiger partial charge in [0.05, 0.1) is 17.5 Å². The van der Waals surface area contributed by atoms with Crippen molar-refractivity contribution in [1.29, 1.82) is 0 Å². The predicted molar refractivity (Wildman–Crippen MR) is 78.1 cm³/mol. The molecule has 0 fully saturated rings. The lowest BCUT2D eigenvalue weighted by atomic mass is 10.1. The van der Waals surface area contributed by atoms with E-state index in [-0.39, 0.29) is 0 Å². The van der Waals surface area contributed by atoms with Gasteiger partial charge in [-0.05, 0) is 41.1 Å². The van der Waals surface area contributed by atoms with Gasteiger partial charge in [-0.25, -0.2) is 4.68 Å². The lowest BCUT2D eigenvalue weighted by molar-refractivity contribution is 0.542. The van der Waals surface area contributed by atoms with Gasteiger partial charge in [0.2, 0.25) is 0 Å². The van der Waals surface area contributed by atoms with Crippen LogP contribution in [0.25, 0.3) is 16.9 Å². The zero-order valence-electron chi connectivity index (χ0n) is 10.3. The highest BCUT2D eigenvalue weighted by atomic mass is 79.9. The van der Waals surface area contributed by atoms with E-state index in [1.807, 2.05) is 43.3 Å². The molecule has 0 aliphatic heterocycles. The molecule has 0 unspecified atom stereocenters. The fourth-order valence-corrected chi connectivity index (χ4v) is 2.42. The number of hydrogen-bond acceptors (Lipinski definition) is 3. The van der Waals surface area contributed by atoms with Crippen molar-refractivity contribution in [3.05, 3.63) is 52.9 Å². The molecule has 0 amide bonds. The zero-order valence-corrected chi connectivity index (χ0v) is 11.9. The van der Waals surface area contributed by atoms with E-state index >= 15 is 0 Å². The van der Waals surface area contributed by atoms with Crippen LogP contribution in [0, 0.1) is 6.92 Å². The summed E-state index contributed by atoms with van der Waals surface area (Å²) in [6.45, 7) is 1.95. The van der Waals surface area contributed by atoms with Gasteiger partial charge in [0.1, 0.15) is 11.5 Å². The number of aromatic nitrogens is 2. The maximum Gasteiger partial charge on any atom is 0.178 e. The Bertz CT molecular complexity index is 716. The molecule has 0 saturated carbocycles. The van der Waals surface area contributed by atoms with Crippen molar-refractivity contribution in [3.63, 3.8) is 0 Å². The smallest absolute Gasteiger partial charge is 0.178 e. The average molecular weight is 318 g/mol. The second-order valence-corrected chi connectivity index (χ2v) is 4.93. The Hall–Kier alpha value is -2.01. The van der Waals surface area contributed by atoms with E-state index in [0.717, 1.165) is 22.5 Å². The molecule has 0 spiro atoms. The van der Waals surface area contributed by atoms with Crippen LogP contribution in [0.5, 0.6) is 0 Å². The topological polar surface area (TPSA) is 57.0 Å². The van der Waals surface area contributed by atoms with Crippen LogP contribution in [0.2, 0.25) is 0 Å². The number of furan rings is 1. The van der Waals surface area contributed by atoms with E-state index in [9.17, 15) is 0 Å². The molecular formula is C14H12BrN3O. The van der Waals surface area contributed by atoms with Crippen LogP contribution in [0.1, 0.15) is 5.56 Å². The molecule has 0 atom stereocenters. The fourth-order valence-electron chi connectivity index (χ4n) is 1.99. The minimum atomic E-state index is 0.634. The number of rotatable bonds is 2. The molecule has 19 heavy (non-hydrogen) atoms. The molecule has 2 heterocycles. The summed E-state index contributed by atoms with van der Waals surface area (Å²) >= 11 is 3.37. The molecule has 4 nitrogen and oxygen atoms in total. The van der Waals surface area contributed by atoms with Crippen molar-refractivity contribution in [2.24, 2.45) is 0 Å². The van der Waals surface area contributed by atoms with Gasteiger partial charge in [0.25, 0.3) is 0 Å². The molecule has 2 aromatic heterocycles. The highest BCUT2D eigenvalue weighted by Crippen LogP contribution is 2.33. The maximum absolute atomic E-state index is 6.15. The molecule has 3 aromatic rings. The highest BCUT2D eigenvalue weighted by molar-refractivity contribution is 9.10. The fraction of sp³-hybridized carbons (Fsp3) is 0.0714. The number of nitrogens with zero attached hydrogens (tertiary/aromatic N) is 2. The molecule has 0 saturated heterocycles. The standard InChI is InChI=1S/C14H12BrN3O/c1-9-12(11-7-8-19-13(11)15)17-18(14(9)16)10-5-3-2-4-6-10/h2-8H,16H2,1H3. The van der Waals surface area contributed by atoms with Crippen LogP contribution in [0.4, 0.5) is 5.82 Å². The second kappa shape index (κ2) is 4.59. The van der Waals surface area contributed by atoms with E-state index in [4.69, 9.17) is 10.2 Å². The zero-order chi connectivity index (χ0) is 13.4. The number of halogens is 1. The number of nitrogens with two attached hydrogens (primary N) is 1. The van der Waals surface area contributed by atoms with Gasteiger partial charge >= 0.3 is 0 Å². The molecule has 1 aromatic carbocycles. The van der Waals surface area contributed by atoms with E-state index in [2.05, 4.69) is 21.0 Å². The maximum atomic E-state index is 6.15. The Balaban J connectivity index is 2.18. The number of hydrogen-bond donors (Lipinski definition) is 1. The Morgan fingerprint density at radius 3 is 2.58 bits per heavy atom. The van der Waals surface area contributed by atoms with Gasteiger partial charge in [-0.3, -0.25) is 0 Å². The quantitative estimate of drug-likeness (QED) is 0.782. The molecule has 0 radical (unpaired) electrons. The first-order valence-corrected chi connectivity index (χ1v) is 6.61. The summed E-state index contributed by atoms with van der Waals surface area (Å²) in [5.41, 5.74) is 9.74. The number of nitrogen functional groups attached to an aromatic ring is 1. The lowest BCUT2D eigenvalue weighted by Crippen LogP contribution is -2.01. The Morgan fingerprint density at radius 2 is 1.95 bits per heavy atom. The summed E-state index contributed by atoms with van der Waals surface area (Å²) < 4.78 is 7.66. The van der Waals surface area contributed by atoms with Gasteiger partial charge in [0, 0.05) is 5.56 Å². The summed E-state index contributed by atoms with van der Waals surface area (Å²) in [5, 5.41) is 4.58. The molecule has 5 heteroatoms. The van der Waals surface area contributed by atoms with Crippen molar-refractivity contribution in [2.75, 3.05) is 5.73 Å². The summed E-state index contributed by atoms with van der Waals surface area (Å²) in [5.74, 6) is 0.634. The first-order chi connectivity index (χ1) is 9.18. The van der Waals surface area contributed by atoms with E-state index in [0.29, 0.717) is 10.5 Å². The minimum Gasteiger partial charge on any atom is -0.457 e. The molecule has 0 aliphatic rings. The third kappa shape index (κ3) is 1.96. The van der Waals surface area contributed by atoms with Crippen molar-refractivity contribution in [2.45, 2.75) is 6.92 Å². The van der Waals surface area contributed by atoms with Crippen molar-refractivity contribution in [1.82, 2.24) is 9.78 Å². The second-order valence-electron chi connectivity index (χ2n) is 4.21. The Morgan fingerprint density at radius 1 is 1.21 bits per heavy atom. The number of benzene rings is 1. The van der Waals surface area contributed by atoms with Crippen LogP contribution in [0.3, 0.4) is 0 Å². The van der Waals surface area contributed by atoms with Gasteiger partial charge in [-0.1, -0.05) is 18.2 Å². The molecule has 3 rings (SSSR count). The van der Waals surface area contributed by atoms with Crippen molar-refractivity contribution in [3.8, 4) is 16.9 Å². The minimum absolute atomic E-state index is 0.634. The Labute approximate surface area is 119 Å². The molecule has 0 aliphatic carbocycles. The highest BCUT2D eigenvalue weighted by Gasteiger charge is 2.17. The predicted octanol–water partition coefficient (Wildman–Crippen LogP) is 3.79. The van der Waals surface area contributed by atoms with Crippen LogP contribution in [-0.4, -0.2) is 9.78 Å². The van der Waals surface area contributed by atoms with Crippen molar-refractivity contribution < 1.29 is 4.42 Å². The summed E-state index contributed by atoms with van der Waals surface area (Å²) in [6.07, 6.45) is 1.62. The lowest BCUT2D eigenvalue weighted by Gasteiger charge is -2.02. The monoisotopic (exact) mass is 317 g/mol. The molecule has 0 bridgehead atoms. The van der Waals surface area contributed by atoms with Gasteiger partial charge < -0.3 is 10.2 Å². The van der Waals surface area contributed by atoms with Crippen LogP contribution in [-0.2, 0) is 0 Å². The van der Waals surface area contributed by atoms with E-state index in [1.54, 1.807) is 10.9 Å². The number of anilines is 1. The SMILES string of the molecule is Cc1c(-c2ccoc2Br)nn(-c2ccccc2)c1N. The molecular weight excluding hydrogens is 306 g/mol. The van der Waals surface area contributed by atoms with Gasteiger partial charge in [-0.15, -0.1) is 0 Å². The normalized spacial score (nSPS) is 10.8. The first kappa shape index (κ1) is 12.0. The molecule has 2 N–H and O–H groups in total. The third-order valence-corrected chi connectivity index (χ3v) is 3.66. The van der Waals surface area contributed by atoms with Crippen LogP contribution < -0.4 is 5.73 Å². The van der Waals surface area contributed by atoms with Crippen LogP contribution >= 0.6 is 15.9 Å². The summed E-state index contributed by atoms with van der Waals surface area (Å²) in [4.78, 5) is 0. The average Bonchev–Trinajstić information content (AvgIpc) is 2.97. The van der Waals surface area contributed by atoms with E-state index in [1.165, 1.54) is 0 Å². The van der Waals surface area contributed by atoms with Gasteiger partial charge in [0.15, 0.2) is 4.67 Å².